The first-order valence-corrected chi connectivity index (χ1v) is 6.40. The molecule has 1 aromatic carbocycles. The fourth-order valence-corrected chi connectivity index (χ4v) is 2.57. The van der Waals surface area contributed by atoms with Crippen LogP contribution in [0.1, 0.15) is 29.7 Å². The highest BCUT2D eigenvalue weighted by Gasteiger charge is 2.11. The Kier molecular flexibility index (Phi) is 2.88. The van der Waals surface area contributed by atoms with Gasteiger partial charge in [0, 0.05) is 0 Å². The molecule has 1 N–H and O–H groups in total. The molecule has 0 radical (unpaired) electrons. The zero-order valence-corrected chi connectivity index (χ0v) is 10.4. The minimum absolute atomic E-state index is 0.150. The summed E-state index contributed by atoms with van der Waals surface area (Å²) in [5.41, 5.74) is 4.01. The Morgan fingerprint density at radius 3 is 2.74 bits per heavy atom. The van der Waals surface area contributed by atoms with Gasteiger partial charge in [-0.05, 0) is 54.5 Å². The van der Waals surface area contributed by atoms with Crippen LogP contribution in [0.3, 0.4) is 0 Å². The zero-order chi connectivity index (χ0) is 13.2. The second-order valence-electron chi connectivity index (χ2n) is 4.79. The Morgan fingerprint density at radius 2 is 1.95 bits per heavy atom. The lowest BCUT2D eigenvalue weighted by Crippen LogP contribution is -2.12. The summed E-state index contributed by atoms with van der Waals surface area (Å²) in [6.07, 6.45) is 4.68. The minimum atomic E-state index is -0.480. The number of fused-ring (bicyclic) bond motifs is 1. The van der Waals surface area contributed by atoms with Crippen LogP contribution < -0.4 is 5.69 Å². The van der Waals surface area contributed by atoms with Crippen molar-refractivity contribution >= 4 is 0 Å². The molecule has 1 aliphatic rings. The van der Waals surface area contributed by atoms with Crippen molar-refractivity contribution in [1.82, 2.24) is 9.97 Å². The molecular formula is C15H13N3O. The number of hydrogen-bond donors (Lipinski definition) is 1. The van der Waals surface area contributed by atoms with Crippen molar-refractivity contribution in [3.8, 4) is 17.3 Å². The molecule has 0 saturated heterocycles. The second kappa shape index (κ2) is 4.69. The zero-order valence-electron chi connectivity index (χ0n) is 10.4. The number of nitrogens with zero attached hydrogens (tertiary/aromatic N) is 2. The van der Waals surface area contributed by atoms with Crippen LogP contribution in [0.25, 0.3) is 11.3 Å². The Morgan fingerprint density at radius 1 is 1.16 bits per heavy atom. The SMILES string of the molecule is N#Cc1cc(-c2ccc3c(c2)CCCC3)[nH]c(=O)n1. The number of aromatic nitrogens is 2. The predicted octanol–water partition coefficient (Wildman–Crippen LogP) is 2.19. The Hall–Kier alpha value is -2.41. The summed E-state index contributed by atoms with van der Waals surface area (Å²) < 4.78 is 0. The molecule has 2 aromatic rings. The fraction of sp³-hybridized carbons (Fsp3) is 0.267. The van der Waals surface area contributed by atoms with Crippen molar-refractivity contribution in [3.63, 3.8) is 0 Å². The van der Waals surface area contributed by atoms with Gasteiger partial charge in [-0.1, -0.05) is 12.1 Å². The molecule has 4 nitrogen and oxygen atoms in total. The number of aromatic amines is 1. The molecule has 94 valence electrons. The van der Waals surface area contributed by atoms with Crippen molar-refractivity contribution < 1.29 is 0 Å². The van der Waals surface area contributed by atoms with Gasteiger partial charge in [0.1, 0.15) is 11.8 Å². The highest BCUT2D eigenvalue weighted by atomic mass is 16.1. The standard InChI is InChI=1S/C15H13N3O/c16-9-13-8-14(18-15(19)17-13)12-6-5-10-3-1-2-4-11(10)7-12/h5-8H,1-4H2,(H,17,18,19). The highest BCUT2D eigenvalue weighted by Crippen LogP contribution is 2.26. The number of nitrogens with one attached hydrogen (secondary N) is 1. The van der Waals surface area contributed by atoms with E-state index in [1.165, 1.54) is 24.0 Å². The Labute approximate surface area is 110 Å². The van der Waals surface area contributed by atoms with Crippen molar-refractivity contribution in [1.29, 1.82) is 5.26 Å². The Balaban J connectivity index is 2.10. The molecule has 3 rings (SSSR count). The molecule has 19 heavy (non-hydrogen) atoms. The van der Waals surface area contributed by atoms with Crippen LogP contribution in [-0.2, 0) is 12.8 Å². The number of nitriles is 1. The molecule has 4 heteroatoms. The summed E-state index contributed by atoms with van der Waals surface area (Å²) in [6.45, 7) is 0. The van der Waals surface area contributed by atoms with E-state index in [1.807, 2.05) is 12.1 Å². The van der Waals surface area contributed by atoms with Crippen LogP contribution in [0.5, 0.6) is 0 Å². The van der Waals surface area contributed by atoms with E-state index in [2.05, 4.69) is 22.1 Å². The summed E-state index contributed by atoms with van der Waals surface area (Å²) in [4.78, 5) is 17.7. The molecule has 0 atom stereocenters. The first-order valence-electron chi connectivity index (χ1n) is 6.40. The van der Waals surface area contributed by atoms with Gasteiger partial charge in [0.2, 0.25) is 0 Å². The van der Waals surface area contributed by atoms with Crippen molar-refractivity contribution in [2.24, 2.45) is 0 Å². The van der Waals surface area contributed by atoms with E-state index in [0.29, 0.717) is 5.69 Å². The van der Waals surface area contributed by atoms with Crippen LogP contribution in [0.4, 0.5) is 0 Å². The lowest BCUT2D eigenvalue weighted by molar-refractivity contribution is 0.686. The van der Waals surface area contributed by atoms with E-state index >= 15 is 0 Å². The van der Waals surface area contributed by atoms with Crippen molar-refractivity contribution in [2.75, 3.05) is 0 Å². The summed E-state index contributed by atoms with van der Waals surface area (Å²) in [5, 5.41) is 8.86. The van der Waals surface area contributed by atoms with Gasteiger partial charge in [0.25, 0.3) is 0 Å². The lowest BCUT2D eigenvalue weighted by Gasteiger charge is -2.16. The fourth-order valence-electron chi connectivity index (χ4n) is 2.57. The van der Waals surface area contributed by atoms with E-state index < -0.39 is 5.69 Å². The summed E-state index contributed by atoms with van der Waals surface area (Å²) >= 11 is 0. The smallest absolute Gasteiger partial charge is 0.305 e. The van der Waals surface area contributed by atoms with Gasteiger partial charge >= 0.3 is 5.69 Å². The van der Waals surface area contributed by atoms with Gasteiger partial charge in [0.05, 0.1) is 5.69 Å². The van der Waals surface area contributed by atoms with Gasteiger partial charge in [-0.2, -0.15) is 10.2 Å². The monoisotopic (exact) mass is 251 g/mol. The molecule has 1 aromatic heterocycles. The molecule has 1 aliphatic carbocycles. The van der Waals surface area contributed by atoms with E-state index in [-0.39, 0.29) is 5.69 Å². The average Bonchev–Trinajstić information content (AvgIpc) is 2.46. The maximum atomic E-state index is 11.4. The van der Waals surface area contributed by atoms with Crippen molar-refractivity contribution in [2.45, 2.75) is 25.7 Å². The summed E-state index contributed by atoms with van der Waals surface area (Å²) in [6, 6.07) is 9.75. The Bertz CT molecular complexity index is 725. The maximum absolute atomic E-state index is 11.4. The molecule has 0 amide bonds. The lowest BCUT2D eigenvalue weighted by atomic mass is 9.90. The number of benzene rings is 1. The van der Waals surface area contributed by atoms with E-state index in [4.69, 9.17) is 5.26 Å². The largest absolute Gasteiger partial charge is 0.346 e. The highest BCUT2D eigenvalue weighted by molar-refractivity contribution is 5.62. The topological polar surface area (TPSA) is 69.5 Å². The van der Waals surface area contributed by atoms with Gasteiger partial charge in [-0.25, -0.2) is 4.79 Å². The minimum Gasteiger partial charge on any atom is -0.305 e. The van der Waals surface area contributed by atoms with Crippen molar-refractivity contribution in [3.05, 3.63) is 51.6 Å². The number of rotatable bonds is 1. The summed E-state index contributed by atoms with van der Waals surface area (Å²) in [5.74, 6) is 0. The molecule has 0 bridgehead atoms. The van der Waals surface area contributed by atoms with E-state index in [1.54, 1.807) is 6.07 Å². The molecule has 1 heterocycles. The maximum Gasteiger partial charge on any atom is 0.346 e. The third kappa shape index (κ3) is 2.27. The first kappa shape index (κ1) is 11.7. The van der Waals surface area contributed by atoms with Crippen LogP contribution >= 0.6 is 0 Å². The molecule has 0 spiro atoms. The van der Waals surface area contributed by atoms with Gasteiger partial charge in [0.15, 0.2) is 0 Å². The number of H-pyrrole nitrogens is 1. The first-order chi connectivity index (χ1) is 9.26. The number of aryl methyl sites for hydroxylation is 2. The quantitative estimate of drug-likeness (QED) is 0.844. The van der Waals surface area contributed by atoms with Crippen LogP contribution in [0.2, 0.25) is 0 Å². The molecule has 0 saturated carbocycles. The van der Waals surface area contributed by atoms with Gasteiger partial charge in [-0.3, -0.25) is 0 Å². The van der Waals surface area contributed by atoms with Crippen LogP contribution in [0.15, 0.2) is 29.1 Å². The molecule has 0 aliphatic heterocycles. The normalized spacial score (nSPS) is 13.6. The molecule has 0 unspecified atom stereocenters. The van der Waals surface area contributed by atoms with E-state index in [0.717, 1.165) is 18.4 Å². The second-order valence-corrected chi connectivity index (χ2v) is 4.79. The van der Waals surface area contributed by atoms with E-state index in [9.17, 15) is 4.79 Å². The van der Waals surface area contributed by atoms with Gasteiger partial charge in [-0.15, -0.1) is 0 Å². The number of hydrogen-bond acceptors (Lipinski definition) is 3. The molecule has 0 fully saturated rings. The average molecular weight is 251 g/mol. The third-order valence-electron chi connectivity index (χ3n) is 3.52. The predicted molar refractivity (Wildman–Crippen MR) is 71.7 cm³/mol. The molecular weight excluding hydrogens is 238 g/mol. The third-order valence-corrected chi connectivity index (χ3v) is 3.52. The van der Waals surface area contributed by atoms with Crippen LogP contribution in [-0.4, -0.2) is 9.97 Å². The van der Waals surface area contributed by atoms with Crippen LogP contribution in [0, 0.1) is 11.3 Å². The van der Waals surface area contributed by atoms with Gasteiger partial charge < -0.3 is 4.98 Å². The summed E-state index contributed by atoms with van der Waals surface area (Å²) in [7, 11) is 0.